The second kappa shape index (κ2) is 9.33. The van der Waals surface area contributed by atoms with Gasteiger partial charge in [-0.25, -0.2) is 4.39 Å². The average Bonchev–Trinajstić information content (AvgIpc) is 3.44. The van der Waals surface area contributed by atoms with Gasteiger partial charge in [-0.2, -0.15) is 9.67 Å². The van der Waals surface area contributed by atoms with Gasteiger partial charge in [-0.3, -0.25) is 4.79 Å². The van der Waals surface area contributed by atoms with Crippen molar-refractivity contribution in [3.8, 4) is 22.8 Å². The van der Waals surface area contributed by atoms with Crippen molar-refractivity contribution in [1.82, 2.24) is 30.3 Å². The smallest absolute Gasteiger partial charge is 0.226 e. The molecule has 0 saturated heterocycles. The van der Waals surface area contributed by atoms with Crippen LogP contribution in [0, 0.1) is 12.7 Å². The summed E-state index contributed by atoms with van der Waals surface area (Å²) in [5.41, 5.74) is 1.41. The number of rotatable bonds is 8. The van der Waals surface area contributed by atoms with Gasteiger partial charge >= 0.3 is 0 Å². The summed E-state index contributed by atoms with van der Waals surface area (Å²) in [5.74, 6) is 1.38. The number of tetrazole rings is 1. The van der Waals surface area contributed by atoms with Crippen LogP contribution in [0.3, 0.4) is 0 Å². The number of hydrogen-bond donors (Lipinski definition) is 1. The van der Waals surface area contributed by atoms with Crippen LogP contribution in [0.1, 0.15) is 24.6 Å². The summed E-state index contributed by atoms with van der Waals surface area (Å²) in [6.07, 6.45) is 1.20. The van der Waals surface area contributed by atoms with E-state index in [1.807, 2.05) is 24.3 Å². The Morgan fingerprint density at radius 3 is 2.75 bits per heavy atom. The molecule has 0 bridgehead atoms. The molecule has 32 heavy (non-hydrogen) atoms. The van der Waals surface area contributed by atoms with Gasteiger partial charge < -0.3 is 14.6 Å². The number of aromatic nitrogens is 6. The van der Waals surface area contributed by atoms with Gasteiger partial charge in [-0.05, 0) is 66.2 Å². The molecule has 1 amide bonds. The number of amides is 1. The van der Waals surface area contributed by atoms with Gasteiger partial charge in [0, 0.05) is 24.1 Å². The van der Waals surface area contributed by atoms with Crippen molar-refractivity contribution in [1.29, 1.82) is 0 Å². The Balaban J connectivity index is 1.31. The van der Waals surface area contributed by atoms with E-state index in [9.17, 15) is 9.18 Å². The van der Waals surface area contributed by atoms with Crippen molar-refractivity contribution >= 4 is 11.6 Å². The summed E-state index contributed by atoms with van der Waals surface area (Å²) in [7, 11) is 1.60. The molecule has 0 aliphatic rings. The molecule has 10 nitrogen and oxygen atoms in total. The highest BCUT2D eigenvalue weighted by Gasteiger charge is 2.13. The van der Waals surface area contributed by atoms with Gasteiger partial charge in [0.2, 0.25) is 17.6 Å². The fraction of sp³-hybridized carbons (Fsp3) is 0.238. The highest BCUT2D eigenvalue weighted by Crippen LogP contribution is 2.21. The van der Waals surface area contributed by atoms with Crippen LogP contribution >= 0.6 is 0 Å². The third-order valence-corrected chi connectivity index (χ3v) is 4.69. The number of carbonyl (C=O) groups is 1. The topological polar surface area (TPSA) is 121 Å². The number of nitrogens with one attached hydrogen (secondary N) is 1. The minimum Gasteiger partial charge on any atom is -0.497 e. The van der Waals surface area contributed by atoms with Crippen LogP contribution in [0.5, 0.6) is 5.75 Å². The van der Waals surface area contributed by atoms with Crippen LogP contribution in [0.15, 0.2) is 47.0 Å². The number of ether oxygens (including phenoxy) is 1. The maximum atomic E-state index is 14.1. The molecule has 0 fully saturated rings. The third-order valence-electron chi connectivity index (χ3n) is 4.69. The molecule has 0 saturated carbocycles. The van der Waals surface area contributed by atoms with Crippen molar-refractivity contribution in [2.24, 2.45) is 0 Å². The molecule has 0 atom stereocenters. The van der Waals surface area contributed by atoms with Crippen LogP contribution in [0.4, 0.5) is 10.1 Å². The monoisotopic (exact) mass is 437 g/mol. The number of anilines is 1. The Labute approximate surface area is 182 Å². The van der Waals surface area contributed by atoms with Crippen LogP contribution in [-0.4, -0.2) is 43.4 Å². The molecule has 2 aromatic carbocycles. The maximum absolute atomic E-state index is 14.1. The zero-order valence-corrected chi connectivity index (χ0v) is 17.4. The summed E-state index contributed by atoms with van der Waals surface area (Å²) in [5, 5.41) is 17.7. The number of halogens is 1. The lowest BCUT2D eigenvalue weighted by Gasteiger charge is -2.08. The Kier molecular flexibility index (Phi) is 6.15. The fourth-order valence-corrected chi connectivity index (χ4v) is 3.04. The van der Waals surface area contributed by atoms with Crippen LogP contribution < -0.4 is 10.1 Å². The van der Waals surface area contributed by atoms with Crippen LogP contribution in [0.25, 0.3) is 17.1 Å². The summed E-state index contributed by atoms with van der Waals surface area (Å²) in [4.78, 5) is 16.7. The predicted molar refractivity (Wildman–Crippen MR) is 112 cm³/mol. The molecule has 0 aliphatic carbocycles. The molecule has 11 heteroatoms. The van der Waals surface area contributed by atoms with Crippen molar-refractivity contribution in [2.75, 3.05) is 12.4 Å². The molecule has 0 aliphatic heterocycles. The molecular formula is C21H20FN7O3. The number of aryl methyl sites for hydroxylation is 2. The zero-order valence-electron chi connectivity index (χ0n) is 17.4. The Bertz CT molecular complexity index is 1220. The van der Waals surface area contributed by atoms with Gasteiger partial charge in [-0.1, -0.05) is 5.16 Å². The first-order valence-corrected chi connectivity index (χ1v) is 9.85. The molecule has 1 N–H and O–H groups in total. The van der Waals surface area contributed by atoms with Crippen molar-refractivity contribution in [2.45, 2.75) is 26.2 Å². The Hall–Kier alpha value is -4.15. The lowest BCUT2D eigenvalue weighted by molar-refractivity contribution is -0.116. The number of benzene rings is 2. The largest absolute Gasteiger partial charge is 0.497 e. The molecule has 2 aromatic heterocycles. The van der Waals surface area contributed by atoms with E-state index < -0.39 is 5.82 Å². The van der Waals surface area contributed by atoms with Gasteiger partial charge in [-0.15, -0.1) is 5.10 Å². The summed E-state index contributed by atoms with van der Waals surface area (Å²) in [6, 6.07) is 11.5. The standard InChI is InChI=1S/C21H20FN7O3/c1-13-25-27-28-29(13)18-12-15(8-11-17(18)22)23-19(30)4-3-5-20-24-21(26-32-20)14-6-9-16(31-2)10-7-14/h6-12H,3-5H2,1-2H3,(H,23,30). The second-order valence-electron chi connectivity index (χ2n) is 6.95. The summed E-state index contributed by atoms with van der Waals surface area (Å²) >= 11 is 0. The van der Waals surface area contributed by atoms with Gasteiger partial charge in [0.15, 0.2) is 5.82 Å². The lowest BCUT2D eigenvalue weighted by atomic mass is 10.2. The van der Waals surface area contributed by atoms with Crippen LogP contribution in [0.2, 0.25) is 0 Å². The molecule has 0 spiro atoms. The molecule has 0 radical (unpaired) electrons. The maximum Gasteiger partial charge on any atom is 0.226 e. The van der Waals surface area contributed by atoms with Gasteiger partial charge in [0.25, 0.3) is 0 Å². The summed E-state index contributed by atoms with van der Waals surface area (Å²) in [6.45, 7) is 1.66. The number of carbonyl (C=O) groups excluding carboxylic acids is 1. The van der Waals surface area contributed by atoms with E-state index in [0.717, 1.165) is 11.3 Å². The molecular weight excluding hydrogens is 417 g/mol. The third kappa shape index (κ3) is 4.77. The summed E-state index contributed by atoms with van der Waals surface area (Å²) < 4.78 is 25.8. The first-order chi connectivity index (χ1) is 15.5. The molecule has 0 unspecified atom stereocenters. The Morgan fingerprint density at radius 1 is 1.22 bits per heavy atom. The van der Waals surface area contributed by atoms with E-state index in [-0.39, 0.29) is 18.0 Å². The molecule has 164 valence electrons. The highest BCUT2D eigenvalue weighted by atomic mass is 19.1. The van der Waals surface area contributed by atoms with Gasteiger partial charge in [0.05, 0.1) is 7.11 Å². The fourth-order valence-electron chi connectivity index (χ4n) is 3.04. The van der Waals surface area contributed by atoms with Crippen molar-refractivity contribution < 1.29 is 18.4 Å². The molecule has 2 heterocycles. The Morgan fingerprint density at radius 2 is 2.03 bits per heavy atom. The number of methoxy groups -OCH3 is 1. The molecule has 4 rings (SSSR count). The first kappa shape index (κ1) is 21.1. The number of nitrogens with zero attached hydrogens (tertiary/aromatic N) is 6. The average molecular weight is 437 g/mol. The zero-order chi connectivity index (χ0) is 22.5. The van der Waals surface area contributed by atoms with E-state index in [1.165, 1.54) is 22.9 Å². The normalized spacial score (nSPS) is 10.8. The minimum absolute atomic E-state index is 0.155. The van der Waals surface area contributed by atoms with Crippen molar-refractivity contribution in [3.63, 3.8) is 0 Å². The van der Waals surface area contributed by atoms with Crippen LogP contribution in [-0.2, 0) is 11.2 Å². The lowest BCUT2D eigenvalue weighted by Crippen LogP contribution is -2.12. The quantitative estimate of drug-likeness (QED) is 0.446. The van der Waals surface area contributed by atoms with E-state index in [2.05, 4.69) is 31.0 Å². The molecule has 4 aromatic rings. The second-order valence-corrected chi connectivity index (χ2v) is 6.95. The minimum atomic E-state index is -0.498. The van der Waals surface area contributed by atoms with Crippen molar-refractivity contribution in [3.05, 3.63) is 60.0 Å². The first-order valence-electron chi connectivity index (χ1n) is 9.85. The van der Waals surface area contributed by atoms with E-state index in [0.29, 0.717) is 36.1 Å². The predicted octanol–water partition coefficient (Wildman–Crippen LogP) is 3.13. The van der Waals surface area contributed by atoms with E-state index >= 15 is 0 Å². The van der Waals surface area contributed by atoms with E-state index in [1.54, 1.807) is 14.0 Å². The van der Waals surface area contributed by atoms with Gasteiger partial charge in [0.1, 0.15) is 17.3 Å². The highest BCUT2D eigenvalue weighted by molar-refractivity contribution is 5.90. The number of hydrogen-bond acceptors (Lipinski definition) is 8. The van der Waals surface area contributed by atoms with E-state index in [4.69, 9.17) is 9.26 Å². The SMILES string of the molecule is COc1ccc(-c2noc(CCCC(=O)Nc3ccc(F)c(-n4nnnc4C)c3)n2)cc1.